The third kappa shape index (κ3) is 3.54. The molecule has 2 heterocycles. The van der Waals surface area contributed by atoms with Crippen LogP contribution in [0.15, 0.2) is 42.6 Å². The summed E-state index contributed by atoms with van der Waals surface area (Å²) in [5.74, 6) is 0. The molecule has 3 aromatic rings. The van der Waals surface area contributed by atoms with Gasteiger partial charge in [0.15, 0.2) is 5.65 Å². The number of hydrogen-bond acceptors (Lipinski definition) is 3. The number of hydrogen-bond donors (Lipinski definition) is 0. The van der Waals surface area contributed by atoms with E-state index in [0.717, 1.165) is 36.5 Å². The number of rotatable bonds is 6. The first-order valence-corrected chi connectivity index (χ1v) is 8.41. The summed E-state index contributed by atoms with van der Waals surface area (Å²) in [6, 6.07) is 12.2. The summed E-state index contributed by atoms with van der Waals surface area (Å²) >= 11 is 6.02. The lowest BCUT2D eigenvalue weighted by Crippen LogP contribution is -2.23. The Morgan fingerprint density at radius 1 is 1.17 bits per heavy atom. The Bertz CT molecular complexity index is 797. The standard InChI is InChI=1S/C18H21ClN4/c1-3-10-22(4-2)13-14-6-5-7-15(11-14)16-12-20-18-9-8-17(19)21-23(16)18/h5-9,11-12H,3-4,10,13H2,1-2H3. The van der Waals surface area contributed by atoms with Crippen molar-refractivity contribution >= 4 is 17.2 Å². The zero-order valence-corrected chi connectivity index (χ0v) is 14.3. The van der Waals surface area contributed by atoms with Gasteiger partial charge < -0.3 is 0 Å². The Kier molecular flexibility index (Phi) is 4.94. The van der Waals surface area contributed by atoms with E-state index in [1.807, 2.05) is 12.3 Å². The van der Waals surface area contributed by atoms with Gasteiger partial charge in [0.05, 0.1) is 11.9 Å². The summed E-state index contributed by atoms with van der Waals surface area (Å²) in [5, 5.41) is 4.82. The largest absolute Gasteiger partial charge is 0.299 e. The molecule has 0 bridgehead atoms. The van der Waals surface area contributed by atoms with Crippen LogP contribution >= 0.6 is 11.6 Å². The summed E-state index contributed by atoms with van der Waals surface area (Å²) in [5.41, 5.74) is 4.17. The lowest BCUT2D eigenvalue weighted by atomic mass is 10.1. The van der Waals surface area contributed by atoms with Crippen LogP contribution in [0.4, 0.5) is 0 Å². The van der Waals surface area contributed by atoms with Gasteiger partial charge in [-0.3, -0.25) is 4.90 Å². The van der Waals surface area contributed by atoms with Crippen molar-refractivity contribution in [1.29, 1.82) is 0 Å². The molecule has 0 aliphatic carbocycles. The number of benzene rings is 1. The highest BCUT2D eigenvalue weighted by atomic mass is 35.5. The molecule has 0 saturated carbocycles. The third-order valence-corrected chi connectivity index (χ3v) is 4.15. The lowest BCUT2D eigenvalue weighted by molar-refractivity contribution is 0.280. The third-order valence-electron chi connectivity index (χ3n) is 3.95. The summed E-state index contributed by atoms with van der Waals surface area (Å²) in [6.07, 6.45) is 3.02. The van der Waals surface area contributed by atoms with Gasteiger partial charge in [-0.05, 0) is 43.3 Å². The van der Waals surface area contributed by atoms with Crippen LogP contribution < -0.4 is 0 Å². The van der Waals surface area contributed by atoms with Crippen molar-refractivity contribution in [3.63, 3.8) is 0 Å². The molecule has 0 atom stereocenters. The minimum Gasteiger partial charge on any atom is -0.299 e. The van der Waals surface area contributed by atoms with Crippen LogP contribution in [0.25, 0.3) is 16.9 Å². The number of halogens is 1. The predicted molar refractivity (Wildman–Crippen MR) is 94.7 cm³/mol. The van der Waals surface area contributed by atoms with Crippen molar-refractivity contribution in [1.82, 2.24) is 19.5 Å². The van der Waals surface area contributed by atoms with Gasteiger partial charge in [0, 0.05) is 12.1 Å². The van der Waals surface area contributed by atoms with Crippen molar-refractivity contribution in [2.75, 3.05) is 13.1 Å². The average molecular weight is 329 g/mol. The fraction of sp³-hybridized carbons (Fsp3) is 0.333. The van der Waals surface area contributed by atoms with Gasteiger partial charge >= 0.3 is 0 Å². The van der Waals surface area contributed by atoms with Crippen molar-refractivity contribution in [2.45, 2.75) is 26.8 Å². The molecule has 0 aliphatic heterocycles. The SMILES string of the molecule is CCCN(CC)Cc1cccc(-c2cnc3ccc(Cl)nn23)c1. The Labute approximate surface area is 141 Å². The quantitative estimate of drug-likeness (QED) is 0.677. The Morgan fingerprint density at radius 2 is 2.04 bits per heavy atom. The zero-order chi connectivity index (χ0) is 16.2. The summed E-state index contributed by atoms with van der Waals surface area (Å²) in [7, 11) is 0. The maximum absolute atomic E-state index is 6.02. The molecule has 4 nitrogen and oxygen atoms in total. The summed E-state index contributed by atoms with van der Waals surface area (Å²) < 4.78 is 1.80. The van der Waals surface area contributed by atoms with E-state index in [2.05, 4.69) is 53.1 Å². The number of aromatic nitrogens is 3. The summed E-state index contributed by atoms with van der Waals surface area (Å²) in [4.78, 5) is 6.85. The van der Waals surface area contributed by atoms with Crippen LogP contribution in [-0.4, -0.2) is 32.6 Å². The molecule has 1 aromatic carbocycles. The van der Waals surface area contributed by atoms with Crippen molar-refractivity contribution in [3.8, 4) is 11.3 Å². The van der Waals surface area contributed by atoms with Crippen LogP contribution in [0, 0.1) is 0 Å². The Balaban J connectivity index is 1.93. The van der Waals surface area contributed by atoms with Crippen molar-refractivity contribution in [3.05, 3.63) is 53.3 Å². The smallest absolute Gasteiger partial charge is 0.154 e. The minimum absolute atomic E-state index is 0.466. The van der Waals surface area contributed by atoms with Crippen LogP contribution in [0.5, 0.6) is 0 Å². The van der Waals surface area contributed by atoms with Crippen LogP contribution in [-0.2, 0) is 6.54 Å². The maximum Gasteiger partial charge on any atom is 0.154 e. The van der Waals surface area contributed by atoms with Gasteiger partial charge in [-0.1, -0.05) is 43.6 Å². The van der Waals surface area contributed by atoms with Gasteiger partial charge in [-0.25, -0.2) is 9.50 Å². The normalized spacial score (nSPS) is 11.5. The van der Waals surface area contributed by atoms with Gasteiger partial charge in [0.1, 0.15) is 5.15 Å². The molecule has 0 N–H and O–H groups in total. The van der Waals surface area contributed by atoms with Gasteiger partial charge in [-0.2, -0.15) is 5.10 Å². The van der Waals surface area contributed by atoms with Crippen molar-refractivity contribution in [2.24, 2.45) is 0 Å². The molecule has 5 heteroatoms. The number of imidazole rings is 1. The van der Waals surface area contributed by atoms with Gasteiger partial charge in [0.2, 0.25) is 0 Å². The van der Waals surface area contributed by atoms with E-state index in [9.17, 15) is 0 Å². The van der Waals surface area contributed by atoms with Crippen molar-refractivity contribution < 1.29 is 0 Å². The second-order valence-corrected chi connectivity index (χ2v) is 6.03. The topological polar surface area (TPSA) is 33.4 Å². The van der Waals surface area contributed by atoms with Gasteiger partial charge in [-0.15, -0.1) is 0 Å². The summed E-state index contributed by atoms with van der Waals surface area (Å²) in [6.45, 7) is 7.56. The molecule has 0 amide bonds. The molecule has 0 unspecified atom stereocenters. The van der Waals surface area contributed by atoms with E-state index >= 15 is 0 Å². The minimum atomic E-state index is 0.466. The molecule has 3 rings (SSSR count). The lowest BCUT2D eigenvalue weighted by Gasteiger charge is -2.19. The second-order valence-electron chi connectivity index (χ2n) is 5.64. The first kappa shape index (κ1) is 16.0. The maximum atomic E-state index is 6.02. The highest BCUT2D eigenvalue weighted by molar-refractivity contribution is 6.29. The van der Waals surface area contributed by atoms with Crippen LogP contribution in [0.1, 0.15) is 25.8 Å². The molecule has 0 spiro atoms. The number of fused-ring (bicyclic) bond motifs is 1. The Morgan fingerprint density at radius 3 is 2.83 bits per heavy atom. The highest BCUT2D eigenvalue weighted by Crippen LogP contribution is 2.22. The van der Waals surface area contributed by atoms with E-state index in [-0.39, 0.29) is 0 Å². The fourth-order valence-electron chi connectivity index (χ4n) is 2.80. The second kappa shape index (κ2) is 7.11. The number of nitrogens with zero attached hydrogens (tertiary/aromatic N) is 4. The molecule has 0 aliphatic rings. The highest BCUT2D eigenvalue weighted by Gasteiger charge is 2.09. The van der Waals surface area contributed by atoms with E-state index < -0.39 is 0 Å². The molecule has 120 valence electrons. The fourth-order valence-corrected chi connectivity index (χ4v) is 2.94. The Hall–Kier alpha value is -1.91. The molecular weight excluding hydrogens is 308 g/mol. The first-order chi connectivity index (χ1) is 11.2. The molecule has 0 fully saturated rings. The van der Waals surface area contributed by atoms with E-state index in [4.69, 9.17) is 11.6 Å². The van der Waals surface area contributed by atoms with Crippen LogP contribution in [0.3, 0.4) is 0 Å². The van der Waals surface area contributed by atoms with Gasteiger partial charge in [0.25, 0.3) is 0 Å². The molecule has 0 saturated heterocycles. The zero-order valence-electron chi connectivity index (χ0n) is 13.5. The molecular formula is C18H21ClN4. The predicted octanol–water partition coefficient (Wildman–Crippen LogP) is 4.28. The average Bonchev–Trinajstić information content (AvgIpc) is 2.97. The molecule has 2 aromatic heterocycles. The van der Waals surface area contributed by atoms with E-state index in [1.165, 1.54) is 12.0 Å². The monoisotopic (exact) mass is 328 g/mol. The van der Waals surface area contributed by atoms with E-state index in [1.54, 1.807) is 10.6 Å². The first-order valence-electron chi connectivity index (χ1n) is 8.03. The molecule has 23 heavy (non-hydrogen) atoms. The van der Waals surface area contributed by atoms with E-state index in [0.29, 0.717) is 5.15 Å². The van der Waals surface area contributed by atoms with Crippen LogP contribution in [0.2, 0.25) is 5.15 Å². The molecule has 0 radical (unpaired) electrons.